The summed E-state index contributed by atoms with van der Waals surface area (Å²) in [5.74, 6) is -0.162. The van der Waals surface area contributed by atoms with E-state index in [1.54, 1.807) is 36.1 Å². The lowest BCUT2D eigenvalue weighted by atomic mass is 10.3. The first-order valence-electron chi connectivity index (χ1n) is 8.03. The fourth-order valence-corrected chi connectivity index (χ4v) is 2.55. The van der Waals surface area contributed by atoms with Crippen LogP contribution in [0.4, 0.5) is 13.2 Å². The Kier molecular flexibility index (Phi) is 5.59. The van der Waals surface area contributed by atoms with Crippen molar-refractivity contribution in [3.63, 3.8) is 0 Å². The normalized spacial score (nSPS) is 11.5. The Morgan fingerprint density at radius 2 is 2.07 bits per heavy atom. The quantitative estimate of drug-likeness (QED) is 0.674. The number of amides is 1. The average molecular weight is 414 g/mol. The number of hydrogen-bond donors (Lipinski definition) is 1. The number of rotatable bonds is 6. The minimum Gasteiger partial charge on any atom is -0.467 e. The third kappa shape index (κ3) is 4.45. The molecular formula is C17H15ClF3N5O2. The van der Waals surface area contributed by atoms with Crippen LogP contribution in [-0.2, 0) is 24.6 Å². The highest BCUT2D eigenvalue weighted by molar-refractivity contribution is 6.32. The second kappa shape index (κ2) is 7.93. The van der Waals surface area contributed by atoms with Gasteiger partial charge in [-0.1, -0.05) is 23.7 Å². The van der Waals surface area contributed by atoms with Gasteiger partial charge in [0.15, 0.2) is 12.3 Å². The second-order valence-electron chi connectivity index (χ2n) is 5.75. The zero-order chi connectivity index (χ0) is 20.3. The number of alkyl halides is 3. The van der Waals surface area contributed by atoms with Gasteiger partial charge in [-0.15, -0.1) is 0 Å². The Morgan fingerprint density at radius 3 is 2.71 bits per heavy atom. The van der Waals surface area contributed by atoms with E-state index in [-0.39, 0.29) is 23.1 Å². The highest BCUT2D eigenvalue weighted by atomic mass is 35.5. The maximum atomic E-state index is 13.1. The number of benzene rings is 1. The van der Waals surface area contributed by atoms with Gasteiger partial charge >= 0.3 is 6.18 Å². The molecule has 7 nitrogen and oxygen atoms in total. The van der Waals surface area contributed by atoms with Crippen LogP contribution < -0.4 is 10.1 Å². The molecule has 11 heteroatoms. The molecule has 28 heavy (non-hydrogen) atoms. The maximum Gasteiger partial charge on any atom is 0.435 e. The minimum atomic E-state index is -4.68. The number of para-hydroxylation sites is 1. The van der Waals surface area contributed by atoms with Crippen molar-refractivity contribution in [2.75, 3.05) is 6.61 Å². The molecule has 0 aliphatic carbocycles. The predicted octanol–water partition coefficient (Wildman–Crippen LogP) is 2.97. The summed E-state index contributed by atoms with van der Waals surface area (Å²) < 4.78 is 47.1. The number of nitrogens with one attached hydrogen (secondary N) is 1. The second-order valence-corrected chi connectivity index (χ2v) is 6.16. The number of hydrogen-bond acceptors (Lipinski definition) is 4. The molecule has 0 saturated carbocycles. The molecule has 0 aliphatic heterocycles. The number of ether oxygens (including phenoxy) is 1. The van der Waals surface area contributed by atoms with Crippen molar-refractivity contribution in [3.05, 3.63) is 59.3 Å². The summed E-state index contributed by atoms with van der Waals surface area (Å²) in [5.41, 5.74) is -0.959. The standard InChI is InChI=1S/C17H15ClF3N5O2/c1-25-7-6-22-14(25)9-23-15(27)10-28-16-8-13(17(19,20)21)24-26(16)12-5-3-2-4-11(12)18/h2-8H,9-10H2,1H3,(H,23,27). The molecule has 2 aromatic heterocycles. The average Bonchev–Trinajstić information content (AvgIpc) is 3.24. The summed E-state index contributed by atoms with van der Waals surface area (Å²) in [6, 6.07) is 6.94. The molecule has 148 valence electrons. The first-order chi connectivity index (χ1) is 13.3. The molecule has 0 atom stereocenters. The van der Waals surface area contributed by atoms with Gasteiger partial charge in [-0.05, 0) is 12.1 Å². The Hall–Kier alpha value is -3.01. The molecule has 0 bridgehead atoms. The Bertz CT molecular complexity index is 983. The van der Waals surface area contributed by atoms with E-state index >= 15 is 0 Å². The van der Waals surface area contributed by atoms with E-state index in [4.69, 9.17) is 16.3 Å². The van der Waals surface area contributed by atoms with E-state index in [9.17, 15) is 18.0 Å². The van der Waals surface area contributed by atoms with Crippen molar-refractivity contribution in [2.24, 2.45) is 7.05 Å². The number of halogens is 4. The van der Waals surface area contributed by atoms with Gasteiger partial charge in [0.25, 0.3) is 5.91 Å². The molecule has 0 saturated heterocycles. The molecule has 0 aliphatic rings. The highest BCUT2D eigenvalue weighted by Crippen LogP contribution is 2.33. The van der Waals surface area contributed by atoms with Crippen molar-refractivity contribution in [1.29, 1.82) is 0 Å². The molecule has 0 unspecified atom stereocenters. The van der Waals surface area contributed by atoms with Crippen molar-refractivity contribution in [2.45, 2.75) is 12.7 Å². The van der Waals surface area contributed by atoms with E-state index in [0.717, 1.165) is 10.7 Å². The fourth-order valence-electron chi connectivity index (χ4n) is 2.34. The Balaban J connectivity index is 1.75. The molecule has 0 radical (unpaired) electrons. The molecule has 0 fully saturated rings. The number of carbonyl (C=O) groups is 1. The monoisotopic (exact) mass is 413 g/mol. The first kappa shape index (κ1) is 19.7. The van der Waals surface area contributed by atoms with Crippen LogP contribution in [0.5, 0.6) is 5.88 Å². The molecule has 1 aromatic carbocycles. The van der Waals surface area contributed by atoms with Crippen LogP contribution in [0, 0.1) is 0 Å². The fraction of sp³-hybridized carbons (Fsp3) is 0.235. The van der Waals surface area contributed by atoms with Gasteiger partial charge in [0.2, 0.25) is 5.88 Å². The summed E-state index contributed by atoms with van der Waals surface area (Å²) in [4.78, 5) is 16.0. The van der Waals surface area contributed by atoms with Gasteiger partial charge in [-0.25, -0.2) is 4.98 Å². The summed E-state index contributed by atoms with van der Waals surface area (Å²) in [7, 11) is 1.77. The molecule has 0 spiro atoms. The van der Waals surface area contributed by atoms with Crippen molar-refractivity contribution in [3.8, 4) is 11.6 Å². The number of nitrogens with zero attached hydrogens (tertiary/aromatic N) is 4. The number of imidazole rings is 1. The lowest BCUT2D eigenvalue weighted by Gasteiger charge is -2.10. The van der Waals surface area contributed by atoms with Gasteiger partial charge in [-0.2, -0.15) is 23.0 Å². The van der Waals surface area contributed by atoms with Gasteiger partial charge in [0.1, 0.15) is 5.82 Å². The van der Waals surface area contributed by atoms with Gasteiger partial charge in [0.05, 0.1) is 17.3 Å². The Labute approximate surface area is 162 Å². The van der Waals surface area contributed by atoms with Gasteiger partial charge < -0.3 is 14.6 Å². The number of aryl methyl sites for hydroxylation is 1. The van der Waals surface area contributed by atoms with Crippen LogP contribution in [0.15, 0.2) is 42.7 Å². The van der Waals surface area contributed by atoms with Crippen LogP contribution in [0.25, 0.3) is 5.69 Å². The van der Waals surface area contributed by atoms with E-state index in [0.29, 0.717) is 5.82 Å². The molecule has 3 rings (SSSR count). The van der Waals surface area contributed by atoms with Gasteiger partial charge in [-0.3, -0.25) is 4.79 Å². The van der Waals surface area contributed by atoms with Crippen LogP contribution in [0.1, 0.15) is 11.5 Å². The van der Waals surface area contributed by atoms with Crippen LogP contribution in [-0.4, -0.2) is 31.8 Å². The molecule has 2 heterocycles. The summed E-state index contributed by atoms with van der Waals surface area (Å²) >= 11 is 6.05. The summed E-state index contributed by atoms with van der Waals surface area (Å²) in [5, 5.41) is 6.29. The van der Waals surface area contributed by atoms with E-state index in [2.05, 4.69) is 15.4 Å². The zero-order valence-electron chi connectivity index (χ0n) is 14.6. The topological polar surface area (TPSA) is 74.0 Å². The SMILES string of the molecule is Cn1ccnc1CNC(=O)COc1cc(C(F)(F)F)nn1-c1ccccc1Cl. The summed E-state index contributed by atoms with van der Waals surface area (Å²) in [6.45, 7) is -0.346. The molecule has 1 N–H and O–H groups in total. The van der Waals surface area contributed by atoms with Crippen molar-refractivity contribution in [1.82, 2.24) is 24.6 Å². The number of aromatic nitrogens is 4. The van der Waals surface area contributed by atoms with Crippen molar-refractivity contribution >= 4 is 17.5 Å². The molecular weight excluding hydrogens is 399 g/mol. The van der Waals surface area contributed by atoms with E-state index < -0.39 is 24.4 Å². The molecule has 1 amide bonds. The lowest BCUT2D eigenvalue weighted by molar-refractivity contribution is -0.141. The predicted molar refractivity (Wildman–Crippen MR) is 94.1 cm³/mol. The van der Waals surface area contributed by atoms with E-state index in [1.165, 1.54) is 12.1 Å². The summed E-state index contributed by atoms with van der Waals surface area (Å²) in [6.07, 6.45) is -1.37. The third-order valence-corrected chi connectivity index (χ3v) is 4.08. The Morgan fingerprint density at radius 1 is 1.32 bits per heavy atom. The minimum absolute atomic E-state index is 0.156. The third-order valence-electron chi connectivity index (χ3n) is 3.76. The lowest BCUT2D eigenvalue weighted by Crippen LogP contribution is -2.29. The number of carbonyl (C=O) groups excluding carboxylic acids is 1. The first-order valence-corrected chi connectivity index (χ1v) is 8.41. The zero-order valence-corrected chi connectivity index (χ0v) is 15.3. The van der Waals surface area contributed by atoms with Crippen molar-refractivity contribution < 1.29 is 22.7 Å². The van der Waals surface area contributed by atoms with Crippen LogP contribution >= 0.6 is 11.6 Å². The van der Waals surface area contributed by atoms with E-state index in [1.807, 2.05) is 0 Å². The highest BCUT2D eigenvalue weighted by Gasteiger charge is 2.36. The van der Waals surface area contributed by atoms with Crippen LogP contribution in [0.2, 0.25) is 5.02 Å². The largest absolute Gasteiger partial charge is 0.467 e. The smallest absolute Gasteiger partial charge is 0.435 e. The maximum absolute atomic E-state index is 13.1. The van der Waals surface area contributed by atoms with Gasteiger partial charge in [0, 0.05) is 25.5 Å². The van der Waals surface area contributed by atoms with Crippen LogP contribution in [0.3, 0.4) is 0 Å². The molecule has 3 aromatic rings.